The fourth-order valence-corrected chi connectivity index (χ4v) is 8.86. The Kier molecular flexibility index (Phi) is 10.9. The summed E-state index contributed by atoms with van der Waals surface area (Å²) in [6.07, 6.45) is 12.8. The molecule has 0 bridgehead atoms. The number of nitrogens with zero attached hydrogens (tertiary/aromatic N) is 1. The van der Waals surface area contributed by atoms with Crippen LogP contribution in [-0.4, -0.2) is 31.1 Å². The number of ether oxygens (including phenoxy) is 1. The maximum Gasteiger partial charge on any atom is 0.279 e. The van der Waals surface area contributed by atoms with Crippen molar-refractivity contribution in [3.05, 3.63) is 89.5 Å². The number of unbranched alkanes of at least 4 members (excludes halogenated alkanes) is 6. The summed E-state index contributed by atoms with van der Waals surface area (Å²) in [6, 6.07) is 24.1. The Morgan fingerprint density at radius 2 is 1.68 bits per heavy atom. The third-order valence-electron chi connectivity index (χ3n) is 9.45. The van der Waals surface area contributed by atoms with Gasteiger partial charge in [0.2, 0.25) is 15.9 Å². The maximum atomic E-state index is 13.5. The Morgan fingerprint density at radius 1 is 0.936 bits per heavy atom. The summed E-state index contributed by atoms with van der Waals surface area (Å²) in [5, 5.41) is 4.25. The topological polar surface area (TPSA) is 97.4 Å². The van der Waals surface area contributed by atoms with Gasteiger partial charge in [0.05, 0.1) is 27.9 Å². The number of hydrogen-bond acceptors (Lipinski definition) is 7. The van der Waals surface area contributed by atoms with Gasteiger partial charge in [0, 0.05) is 5.69 Å². The van der Waals surface area contributed by atoms with Crippen LogP contribution in [0.5, 0.6) is 10.9 Å². The molecule has 1 aliphatic carbocycles. The normalized spacial score (nSPS) is 18.9. The van der Waals surface area contributed by atoms with Crippen molar-refractivity contribution in [3.63, 3.8) is 0 Å². The quantitative estimate of drug-likeness (QED) is 0.122. The first-order valence-electron chi connectivity index (χ1n) is 17.1. The Bertz CT molecular complexity index is 1770. The summed E-state index contributed by atoms with van der Waals surface area (Å²) in [7, 11) is -3.68. The third-order valence-corrected chi connectivity index (χ3v) is 11.7. The minimum absolute atomic E-state index is 0.00405. The molecule has 3 atom stereocenters. The number of thiazole rings is 1. The standard InChI is InChI=1S/C38H45N3O4S2/c1-2-3-4-5-6-7-12-25-47(43,44)41-37(42)31-24-21-28(32-26-29-13-8-9-14-33(29)39-36(31)32)20-17-27-18-22-30(23-19-27)45-38-40-34-15-10-11-16-35(34)46-38/h8-11,13-16,18-19,22-23,26,28,31,36,39H,2-7,12,17,20-21,24-25H2,1H3,(H,41,42). The zero-order chi connectivity index (χ0) is 32.6. The van der Waals surface area contributed by atoms with Crippen LogP contribution in [0.15, 0.2) is 78.4 Å². The summed E-state index contributed by atoms with van der Waals surface area (Å²) >= 11 is 1.54. The van der Waals surface area contributed by atoms with Crippen molar-refractivity contribution in [3.8, 4) is 10.9 Å². The van der Waals surface area contributed by atoms with E-state index in [-0.39, 0.29) is 17.7 Å². The van der Waals surface area contributed by atoms with Gasteiger partial charge in [-0.1, -0.05) is 105 Å². The molecule has 4 aromatic rings. The van der Waals surface area contributed by atoms with Gasteiger partial charge in [-0.3, -0.25) is 9.52 Å². The van der Waals surface area contributed by atoms with Crippen LogP contribution in [0, 0.1) is 11.8 Å². The van der Waals surface area contributed by atoms with E-state index in [0.717, 1.165) is 65.7 Å². The van der Waals surface area contributed by atoms with Gasteiger partial charge in [-0.25, -0.2) is 13.4 Å². The number of fused-ring (bicyclic) bond motifs is 3. The lowest BCUT2D eigenvalue weighted by Crippen LogP contribution is -2.48. The van der Waals surface area contributed by atoms with Crippen LogP contribution < -0.4 is 14.8 Å². The van der Waals surface area contributed by atoms with Gasteiger partial charge in [0.1, 0.15) is 5.75 Å². The van der Waals surface area contributed by atoms with E-state index in [1.807, 2.05) is 54.6 Å². The second kappa shape index (κ2) is 15.5. The van der Waals surface area contributed by atoms with Crippen molar-refractivity contribution in [2.24, 2.45) is 11.8 Å². The van der Waals surface area contributed by atoms with Gasteiger partial charge in [0.15, 0.2) is 0 Å². The Balaban J connectivity index is 1.07. The van der Waals surface area contributed by atoms with Crippen molar-refractivity contribution in [1.82, 2.24) is 9.71 Å². The molecule has 248 valence electrons. The van der Waals surface area contributed by atoms with Crippen molar-refractivity contribution >= 4 is 49.2 Å². The average Bonchev–Trinajstić information content (AvgIpc) is 3.48. The van der Waals surface area contributed by atoms with Gasteiger partial charge < -0.3 is 10.1 Å². The number of carbonyl (C=O) groups excluding carboxylic acids is 1. The molecule has 3 aromatic carbocycles. The summed E-state index contributed by atoms with van der Waals surface area (Å²) in [6.45, 7) is 2.19. The molecule has 1 amide bonds. The highest BCUT2D eigenvalue weighted by atomic mass is 32.2. The fourth-order valence-electron chi connectivity index (χ4n) is 6.88. The zero-order valence-corrected chi connectivity index (χ0v) is 28.8. The largest absolute Gasteiger partial charge is 0.431 e. The van der Waals surface area contributed by atoms with Crippen molar-refractivity contribution in [1.29, 1.82) is 0 Å². The molecule has 1 saturated carbocycles. The van der Waals surface area contributed by atoms with Crippen LogP contribution in [0.25, 0.3) is 16.3 Å². The second-order valence-electron chi connectivity index (χ2n) is 12.9. The fraction of sp³-hybridized carbons (Fsp3) is 0.421. The smallest absolute Gasteiger partial charge is 0.279 e. The first-order valence-corrected chi connectivity index (χ1v) is 19.6. The first kappa shape index (κ1) is 33.2. The van der Waals surface area contributed by atoms with Gasteiger partial charge >= 0.3 is 0 Å². The van der Waals surface area contributed by atoms with Gasteiger partial charge in [-0.2, -0.15) is 0 Å². The average molecular weight is 672 g/mol. The number of aryl methyl sites for hydroxylation is 1. The van der Waals surface area contributed by atoms with Crippen molar-refractivity contribution in [2.45, 2.75) is 83.6 Å². The highest BCUT2D eigenvalue weighted by molar-refractivity contribution is 7.90. The number of aromatic nitrogens is 1. The SMILES string of the molecule is CCCCCCCCCS(=O)(=O)NC(=O)C1CCC(CCc2ccc(Oc3nc4ccccc4s3)cc2)C2=Cc3ccccc3NC21. The number of carbonyl (C=O) groups is 1. The Labute approximate surface area is 282 Å². The predicted octanol–water partition coefficient (Wildman–Crippen LogP) is 9.12. The number of hydrogen-bond donors (Lipinski definition) is 2. The number of para-hydroxylation sites is 2. The van der Waals surface area contributed by atoms with E-state index in [9.17, 15) is 13.2 Å². The molecule has 1 aliphatic heterocycles. The van der Waals surface area contributed by atoms with E-state index in [1.54, 1.807) is 0 Å². The summed E-state index contributed by atoms with van der Waals surface area (Å²) in [5.74, 6) is 0.201. The minimum Gasteiger partial charge on any atom is -0.431 e. The molecular weight excluding hydrogens is 627 g/mol. The number of sulfonamides is 1. The predicted molar refractivity (Wildman–Crippen MR) is 192 cm³/mol. The highest BCUT2D eigenvalue weighted by Crippen LogP contribution is 2.43. The van der Waals surface area contributed by atoms with E-state index in [4.69, 9.17) is 4.74 Å². The molecule has 1 fully saturated rings. The molecule has 1 aromatic heterocycles. The number of nitrogens with one attached hydrogen (secondary N) is 2. The number of benzene rings is 3. The Morgan fingerprint density at radius 3 is 2.49 bits per heavy atom. The van der Waals surface area contributed by atoms with E-state index in [2.05, 4.69) is 46.2 Å². The van der Waals surface area contributed by atoms with E-state index < -0.39 is 21.8 Å². The molecule has 47 heavy (non-hydrogen) atoms. The maximum absolute atomic E-state index is 13.5. The Hall–Kier alpha value is -3.69. The van der Waals surface area contributed by atoms with Crippen molar-refractivity contribution in [2.75, 3.05) is 11.1 Å². The third kappa shape index (κ3) is 8.62. The van der Waals surface area contributed by atoms with Crippen molar-refractivity contribution < 1.29 is 17.9 Å². The lowest BCUT2D eigenvalue weighted by Gasteiger charge is -2.41. The van der Waals surface area contributed by atoms with E-state index in [1.165, 1.54) is 41.7 Å². The molecule has 0 spiro atoms. The van der Waals surface area contributed by atoms with E-state index in [0.29, 0.717) is 18.0 Å². The van der Waals surface area contributed by atoms with Crippen LogP contribution >= 0.6 is 11.3 Å². The molecule has 0 saturated heterocycles. The van der Waals surface area contributed by atoms with Gasteiger partial charge in [0.25, 0.3) is 5.19 Å². The zero-order valence-electron chi connectivity index (χ0n) is 27.1. The van der Waals surface area contributed by atoms with Crippen LogP contribution in [0.3, 0.4) is 0 Å². The second-order valence-corrected chi connectivity index (χ2v) is 15.7. The lowest BCUT2D eigenvalue weighted by atomic mass is 9.70. The monoisotopic (exact) mass is 671 g/mol. The number of rotatable bonds is 15. The first-order chi connectivity index (χ1) is 22.9. The van der Waals surface area contributed by atoms with E-state index >= 15 is 0 Å². The van der Waals surface area contributed by atoms with Gasteiger partial charge in [-0.15, -0.1) is 0 Å². The van der Waals surface area contributed by atoms with Crippen LogP contribution in [0.2, 0.25) is 0 Å². The number of anilines is 1. The summed E-state index contributed by atoms with van der Waals surface area (Å²) in [5.41, 5.74) is 5.44. The molecule has 2 heterocycles. The molecular formula is C38H45N3O4S2. The molecule has 0 radical (unpaired) electrons. The highest BCUT2D eigenvalue weighted by Gasteiger charge is 2.41. The van der Waals surface area contributed by atoms with Crippen LogP contribution in [0.4, 0.5) is 5.69 Å². The molecule has 2 aliphatic rings. The summed E-state index contributed by atoms with van der Waals surface area (Å²) in [4.78, 5) is 18.1. The molecule has 3 unspecified atom stereocenters. The van der Waals surface area contributed by atoms with Gasteiger partial charge in [-0.05, 0) is 85.1 Å². The summed E-state index contributed by atoms with van der Waals surface area (Å²) < 4.78 is 35.4. The lowest BCUT2D eigenvalue weighted by molar-refractivity contribution is -0.124. The van der Waals surface area contributed by atoms with Crippen LogP contribution in [-0.2, 0) is 21.2 Å². The molecule has 6 rings (SSSR count). The van der Waals surface area contributed by atoms with Crippen LogP contribution in [0.1, 0.15) is 82.3 Å². The molecule has 2 N–H and O–H groups in total. The molecule has 9 heteroatoms. The minimum atomic E-state index is -3.68. The molecule has 7 nitrogen and oxygen atoms in total. The number of amides is 1.